The lowest BCUT2D eigenvalue weighted by atomic mass is 9.84. The molecule has 0 saturated heterocycles. The molecule has 1 rings (SSSR count). The first-order valence-corrected chi connectivity index (χ1v) is 4.24. The third-order valence-electron chi connectivity index (χ3n) is 2.23. The molecule has 3 N–H and O–H groups in total. The summed E-state index contributed by atoms with van der Waals surface area (Å²) in [5.74, 6) is 2.00. The van der Waals surface area contributed by atoms with E-state index in [4.69, 9.17) is 5.73 Å². The Labute approximate surface area is 73.0 Å². The van der Waals surface area contributed by atoms with Gasteiger partial charge in [0.25, 0.3) is 0 Å². The molecule has 0 bridgehead atoms. The lowest BCUT2D eigenvalue weighted by Crippen LogP contribution is -2.42. The minimum absolute atomic E-state index is 0.447. The molecule has 0 atom stereocenters. The highest BCUT2D eigenvalue weighted by Crippen LogP contribution is 2.26. The van der Waals surface area contributed by atoms with E-state index in [0.717, 1.165) is 5.84 Å². The third-order valence-corrected chi connectivity index (χ3v) is 2.23. The summed E-state index contributed by atoms with van der Waals surface area (Å²) in [4.78, 5) is 7.96. The molecule has 0 aromatic rings. The molecule has 1 aliphatic carbocycles. The van der Waals surface area contributed by atoms with Crippen LogP contribution in [0.25, 0.3) is 0 Å². The van der Waals surface area contributed by atoms with E-state index in [1.165, 1.54) is 19.3 Å². The van der Waals surface area contributed by atoms with E-state index in [1.54, 1.807) is 14.1 Å². The maximum absolute atomic E-state index is 5.52. The fourth-order valence-corrected chi connectivity index (χ4v) is 1.21. The number of nitrogens with one attached hydrogen (secondary N) is 1. The third kappa shape index (κ3) is 1.96. The van der Waals surface area contributed by atoms with Gasteiger partial charge in [0.15, 0.2) is 5.96 Å². The van der Waals surface area contributed by atoms with Gasteiger partial charge < -0.3 is 11.1 Å². The Hall–Kier alpha value is -1.06. The van der Waals surface area contributed by atoms with Crippen molar-refractivity contribution in [1.29, 1.82) is 0 Å². The van der Waals surface area contributed by atoms with Gasteiger partial charge in [-0.05, 0) is 12.8 Å². The number of rotatable bonds is 1. The maximum Gasteiger partial charge on any atom is 0.193 e. The van der Waals surface area contributed by atoms with Crippen LogP contribution in [0.2, 0.25) is 0 Å². The molecule has 0 heterocycles. The number of nitrogens with zero attached hydrogens (tertiary/aromatic N) is 2. The first-order chi connectivity index (χ1) is 5.77. The van der Waals surface area contributed by atoms with Crippen LogP contribution in [0.1, 0.15) is 19.3 Å². The predicted molar refractivity (Wildman–Crippen MR) is 51.4 cm³/mol. The standard InChI is InChI=1S/C8H16N4/c1-10-7(6-4-3-5-6)12-8(9)11-2/h6H,3-5H2,1-2H3,(H3,9,10,11,12). The smallest absolute Gasteiger partial charge is 0.193 e. The summed E-state index contributed by atoms with van der Waals surface area (Å²) in [5.41, 5.74) is 5.52. The molecule has 0 spiro atoms. The second kappa shape index (κ2) is 4.09. The highest BCUT2D eigenvalue weighted by atomic mass is 15.1. The van der Waals surface area contributed by atoms with Crippen LogP contribution in [0.4, 0.5) is 0 Å². The van der Waals surface area contributed by atoms with Crippen molar-refractivity contribution in [2.24, 2.45) is 21.6 Å². The van der Waals surface area contributed by atoms with Crippen molar-refractivity contribution >= 4 is 11.8 Å². The normalized spacial score (nSPS) is 20.5. The van der Waals surface area contributed by atoms with Crippen molar-refractivity contribution in [3.8, 4) is 0 Å². The summed E-state index contributed by atoms with van der Waals surface area (Å²) in [6.07, 6.45) is 3.74. The summed E-state index contributed by atoms with van der Waals surface area (Å²) < 4.78 is 0. The van der Waals surface area contributed by atoms with Crippen LogP contribution in [-0.4, -0.2) is 25.9 Å². The van der Waals surface area contributed by atoms with Crippen LogP contribution in [-0.2, 0) is 0 Å². The molecule has 1 aliphatic rings. The molecule has 0 aliphatic heterocycles. The molecule has 0 radical (unpaired) electrons. The van der Waals surface area contributed by atoms with Gasteiger partial charge in [0.2, 0.25) is 0 Å². The largest absolute Gasteiger partial charge is 0.370 e. The van der Waals surface area contributed by atoms with Gasteiger partial charge in [-0.25, -0.2) is 0 Å². The van der Waals surface area contributed by atoms with E-state index in [0.29, 0.717) is 11.9 Å². The number of hydrogen-bond donors (Lipinski definition) is 2. The van der Waals surface area contributed by atoms with E-state index < -0.39 is 0 Å². The van der Waals surface area contributed by atoms with Crippen molar-refractivity contribution in [3.63, 3.8) is 0 Å². The minimum Gasteiger partial charge on any atom is -0.370 e. The van der Waals surface area contributed by atoms with Crippen molar-refractivity contribution in [1.82, 2.24) is 5.32 Å². The number of amidine groups is 1. The molecular formula is C8H16N4. The van der Waals surface area contributed by atoms with E-state index in [2.05, 4.69) is 15.3 Å². The molecule has 12 heavy (non-hydrogen) atoms. The van der Waals surface area contributed by atoms with Crippen molar-refractivity contribution < 1.29 is 0 Å². The monoisotopic (exact) mass is 168 g/mol. The zero-order valence-electron chi connectivity index (χ0n) is 7.67. The zero-order valence-corrected chi connectivity index (χ0v) is 7.67. The topological polar surface area (TPSA) is 62.8 Å². The Kier molecular flexibility index (Phi) is 3.08. The number of aliphatic imine (C=N–C) groups is 2. The van der Waals surface area contributed by atoms with Crippen LogP contribution >= 0.6 is 0 Å². The van der Waals surface area contributed by atoms with E-state index >= 15 is 0 Å². The van der Waals surface area contributed by atoms with Crippen LogP contribution in [0.3, 0.4) is 0 Å². The van der Waals surface area contributed by atoms with Crippen molar-refractivity contribution in [3.05, 3.63) is 0 Å². The van der Waals surface area contributed by atoms with Crippen LogP contribution in [0.5, 0.6) is 0 Å². The number of hydrogen-bond acceptors (Lipinski definition) is 2. The summed E-state index contributed by atoms with van der Waals surface area (Å²) in [6.45, 7) is 0. The fourth-order valence-electron chi connectivity index (χ4n) is 1.21. The van der Waals surface area contributed by atoms with Crippen molar-refractivity contribution in [2.45, 2.75) is 19.3 Å². The maximum atomic E-state index is 5.52. The fraction of sp³-hybridized carbons (Fsp3) is 0.750. The second-order valence-electron chi connectivity index (χ2n) is 2.97. The number of guanidine groups is 1. The quantitative estimate of drug-likeness (QED) is 0.438. The Morgan fingerprint density at radius 2 is 2.00 bits per heavy atom. The highest BCUT2D eigenvalue weighted by Gasteiger charge is 2.23. The van der Waals surface area contributed by atoms with Gasteiger partial charge in [-0.2, -0.15) is 0 Å². The van der Waals surface area contributed by atoms with Crippen molar-refractivity contribution in [2.75, 3.05) is 14.1 Å². The molecule has 0 unspecified atom stereocenters. The SMILES string of the molecule is CN=C(N)NC(=NC)C1CCC1. The molecule has 0 aromatic carbocycles. The van der Waals surface area contributed by atoms with E-state index in [9.17, 15) is 0 Å². The summed E-state index contributed by atoms with van der Waals surface area (Å²) in [5, 5.41) is 3.00. The lowest BCUT2D eigenvalue weighted by Gasteiger charge is -2.27. The summed E-state index contributed by atoms with van der Waals surface area (Å²) in [7, 11) is 3.44. The zero-order chi connectivity index (χ0) is 8.97. The van der Waals surface area contributed by atoms with Crippen LogP contribution in [0.15, 0.2) is 9.98 Å². The molecule has 4 nitrogen and oxygen atoms in total. The second-order valence-corrected chi connectivity index (χ2v) is 2.97. The highest BCUT2D eigenvalue weighted by molar-refractivity contribution is 6.00. The average Bonchev–Trinajstić information content (AvgIpc) is 1.99. The van der Waals surface area contributed by atoms with Gasteiger partial charge in [0.05, 0.1) is 0 Å². The summed E-state index contributed by atoms with van der Waals surface area (Å²) >= 11 is 0. The molecule has 68 valence electrons. The first-order valence-electron chi connectivity index (χ1n) is 4.24. The minimum atomic E-state index is 0.447. The van der Waals surface area contributed by atoms with Crippen LogP contribution in [0, 0.1) is 5.92 Å². The molecule has 1 saturated carbocycles. The molecular weight excluding hydrogens is 152 g/mol. The van der Waals surface area contributed by atoms with Gasteiger partial charge in [0, 0.05) is 20.0 Å². The molecule has 0 aromatic heterocycles. The Bertz CT molecular complexity index is 203. The van der Waals surface area contributed by atoms with Gasteiger partial charge in [-0.1, -0.05) is 6.42 Å². The van der Waals surface area contributed by atoms with Gasteiger partial charge in [0.1, 0.15) is 5.84 Å². The van der Waals surface area contributed by atoms with E-state index in [-0.39, 0.29) is 0 Å². The lowest BCUT2D eigenvalue weighted by molar-refractivity contribution is 0.408. The molecule has 0 amide bonds. The molecule has 1 fully saturated rings. The Morgan fingerprint density at radius 3 is 2.33 bits per heavy atom. The number of nitrogens with two attached hydrogens (primary N) is 1. The Balaban J connectivity index is 2.46. The first kappa shape index (κ1) is 9.03. The Morgan fingerprint density at radius 1 is 1.33 bits per heavy atom. The van der Waals surface area contributed by atoms with Gasteiger partial charge >= 0.3 is 0 Å². The predicted octanol–water partition coefficient (Wildman–Crippen LogP) is 0.349. The molecule has 4 heteroatoms. The van der Waals surface area contributed by atoms with E-state index in [1.807, 2.05) is 0 Å². The van der Waals surface area contributed by atoms with Crippen LogP contribution < -0.4 is 11.1 Å². The van der Waals surface area contributed by atoms with Gasteiger partial charge in [-0.15, -0.1) is 0 Å². The summed E-state index contributed by atoms with van der Waals surface area (Å²) in [6, 6.07) is 0. The van der Waals surface area contributed by atoms with Gasteiger partial charge in [-0.3, -0.25) is 9.98 Å². The average molecular weight is 168 g/mol.